The van der Waals surface area contributed by atoms with Crippen LogP contribution in [0.15, 0.2) is 4.52 Å². The van der Waals surface area contributed by atoms with Crippen LogP contribution in [-0.4, -0.2) is 35.7 Å². The number of piperidine rings is 1. The summed E-state index contributed by atoms with van der Waals surface area (Å²) in [4.78, 5) is 2.56. The monoisotopic (exact) mass is 263 g/mol. The Balaban J connectivity index is 1.52. The highest BCUT2D eigenvalue weighted by molar-refractivity contribution is 5.20. The number of rotatable bonds is 5. The zero-order valence-corrected chi connectivity index (χ0v) is 12.1. The molecule has 4 heteroatoms. The molecule has 1 aromatic heterocycles. The SMILES string of the molecule is Cc1noc(C)c1CN1CCCC(CNC2CC2)C1. The van der Waals surface area contributed by atoms with Gasteiger partial charge in [-0.2, -0.15) is 0 Å². The summed E-state index contributed by atoms with van der Waals surface area (Å²) in [6, 6.07) is 0.831. The van der Waals surface area contributed by atoms with Crippen molar-refractivity contribution in [1.29, 1.82) is 0 Å². The number of hydrogen-bond donors (Lipinski definition) is 1. The van der Waals surface area contributed by atoms with E-state index < -0.39 is 0 Å². The van der Waals surface area contributed by atoms with Gasteiger partial charge in [0.2, 0.25) is 0 Å². The Kier molecular flexibility index (Phi) is 3.89. The van der Waals surface area contributed by atoms with Crippen molar-refractivity contribution >= 4 is 0 Å². The van der Waals surface area contributed by atoms with Crippen molar-refractivity contribution in [2.24, 2.45) is 5.92 Å². The largest absolute Gasteiger partial charge is 0.361 e. The summed E-state index contributed by atoms with van der Waals surface area (Å²) in [5.41, 5.74) is 2.34. The van der Waals surface area contributed by atoms with E-state index in [1.54, 1.807) is 0 Å². The van der Waals surface area contributed by atoms with E-state index in [-0.39, 0.29) is 0 Å². The van der Waals surface area contributed by atoms with Crippen LogP contribution in [0.5, 0.6) is 0 Å². The predicted octanol–water partition coefficient (Wildman–Crippen LogP) is 2.26. The highest BCUT2D eigenvalue weighted by atomic mass is 16.5. The van der Waals surface area contributed by atoms with E-state index in [4.69, 9.17) is 4.52 Å². The van der Waals surface area contributed by atoms with Crippen molar-refractivity contribution in [1.82, 2.24) is 15.4 Å². The Labute approximate surface area is 115 Å². The van der Waals surface area contributed by atoms with Crippen molar-refractivity contribution in [3.8, 4) is 0 Å². The number of nitrogens with one attached hydrogen (secondary N) is 1. The maximum Gasteiger partial charge on any atom is 0.138 e. The first-order chi connectivity index (χ1) is 9.22. The molecule has 106 valence electrons. The van der Waals surface area contributed by atoms with Gasteiger partial charge < -0.3 is 9.84 Å². The van der Waals surface area contributed by atoms with Crippen molar-refractivity contribution in [2.75, 3.05) is 19.6 Å². The van der Waals surface area contributed by atoms with Crippen LogP contribution in [0.2, 0.25) is 0 Å². The van der Waals surface area contributed by atoms with Crippen LogP contribution in [0.3, 0.4) is 0 Å². The van der Waals surface area contributed by atoms with Gasteiger partial charge in [-0.1, -0.05) is 5.16 Å². The zero-order chi connectivity index (χ0) is 13.2. The summed E-state index contributed by atoms with van der Waals surface area (Å²) in [6.45, 7) is 8.69. The fourth-order valence-electron chi connectivity index (χ4n) is 3.03. The lowest BCUT2D eigenvalue weighted by Gasteiger charge is -2.32. The molecule has 1 saturated carbocycles. The molecule has 1 aromatic rings. The van der Waals surface area contributed by atoms with E-state index >= 15 is 0 Å². The minimum Gasteiger partial charge on any atom is -0.361 e. The molecule has 0 radical (unpaired) electrons. The van der Waals surface area contributed by atoms with Crippen molar-refractivity contribution in [2.45, 2.75) is 52.1 Å². The molecule has 0 amide bonds. The van der Waals surface area contributed by atoms with Crippen LogP contribution in [-0.2, 0) is 6.54 Å². The summed E-state index contributed by atoms with van der Waals surface area (Å²) in [5.74, 6) is 1.80. The first-order valence-electron chi connectivity index (χ1n) is 7.60. The van der Waals surface area contributed by atoms with Crippen LogP contribution in [0, 0.1) is 19.8 Å². The van der Waals surface area contributed by atoms with Gasteiger partial charge in [-0.3, -0.25) is 4.90 Å². The topological polar surface area (TPSA) is 41.3 Å². The van der Waals surface area contributed by atoms with Gasteiger partial charge in [-0.25, -0.2) is 0 Å². The molecule has 1 saturated heterocycles. The van der Waals surface area contributed by atoms with Gasteiger partial charge in [-0.05, 0) is 58.5 Å². The Morgan fingerprint density at radius 3 is 2.84 bits per heavy atom. The third-order valence-electron chi connectivity index (χ3n) is 4.44. The smallest absolute Gasteiger partial charge is 0.138 e. The summed E-state index contributed by atoms with van der Waals surface area (Å²) < 4.78 is 5.26. The van der Waals surface area contributed by atoms with Gasteiger partial charge in [-0.15, -0.1) is 0 Å². The molecular weight excluding hydrogens is 238 g/mol. The Morgan fingerprint density at radius 1 is 1.32 bits per heavy atom. The molecule has 0 aromatic carbocycles. The predicted molar refractivity (Wildman–Crippen MR) is 75.0 cm³/mol. The molecular formula is C15H25N3O. The normalized spacial score (nSPS) is 24.8. The number of aromatic nitrogens is 1. The van der Waals surface area contributed by atoms with E-state index in [9.17, 15) is 0 Å². The summed E-state index contributed by atoms with van der Waals surface area (Å²) >= 11 is 0. The second-order valence-corrected chi connectivity index (χ2v) is 6.23. The Hall–Kier alpha value is -0.870. The van der Waals surface area contributed by atoms with Gasteiger partial charge in [0, 0.05) is 24.7 Å². The molecule has 3 rings (SSSR count). The first-order valence-corrected chi connectivity index (χ1v) is 7.60. The molecule has 1 N–H and O–H groups in total. The van der Waals surface area contributed by atoms with E-state index in [1.807, 2.05) is 13.8 Å². The second-order valence-electron chi connectivity index (χ2n) is 6.23. The average Bonchev–Trinajstić information content (AvgIpc) is 3.19. The number of hydrogen-bond acceptors (Lipinski definition) is 4. The van der Waals surface area contributed by atoms with Crippen molar-refractivity contribution in [3.63, 3.8) is 0 Å². The van der Waals surface area contributed by atoms with E-state index in [0.29, 0.717) is 0 Å². The van der Waals surface area contributed by atoms with E-state index in [2.05, 4.69) is 15.4 Å². The lowest BCUT2D eigenvalue weighted by molar-refractivity contribution is 0.164. The number of nitrogens with zero attached hydrogens (tertiary/aromatic N) is 2. The molecule has 0 bridgehead atoms. The van der Waals surface area contributed by atoms with Gasteiger partial charge in [0.15, 0.2) is 0 Å². The quantitative estimate of drug-likeness (QED) is 0.884. The minimum atomic E-state index is 0.815. The fraction of sp³-hybridized carbons (Fsp3) is 0.800. The summed E-state index contributed by atoms with van der Waals surface area (Å²) in [5, 5.41) is 7.73. The highest BCUT2D eigenvalue weighted by Gasteiger charge is 2.25. The van der Waals surface area contributed by atoms with E-state index in [0.717, 1.165) is 30.0 Å². The standard InChI is InChI=1S/C15H25N3O/c1-11-15(12(2)19-17-11)10-18-7-3-4-13(9-18)8-16-14-5-6-14/h13-14,16H,3-10H2,1-2H3. The van der Waals surface area contributed by atoms with Gasteiger partial charge in [0.25, 0.3) is 0 Å². The molecule has 19 heavy (non-hydrogen) atoms. The molecule has 2 aliphatic rings. The molecule has 2 heterocycles. The molecule has 1 atom stereocenters. The Morgan fingerprint density at radius 2 is 2.16 bits per heavy atom. The summed E-state index contributed by atoms with van der Waals surface area (Å²) in [7, 11) is 0. The fourth-order valence-corrected chi connectivity index (χ4v) is 3.03. The maximum absolute atomic E-state index is 5.26. The second kappa shape index (κ2) is 5.63. The van der Waals surface area contributed by atoms with Gasteiger partial charge in [0.1, 0.15) is 5.76 Å². The van der Waals surface area contributed by atoms with Crippen molar-refractivity contribution in [3.05, 3.63) is 17.0 Å². The lowest BCUT2D eigenvalue weighted by atomic mass is 9.97. The molecule has 1 aliphatic heterocycles. The van der Waals surface area contributed by atoms with Gasteiger partial charge in [0.05, 0.1) is 5.69 Å². The maximum atomic E-state index is 5.26. The molecule has 4 nitrogen and oxygen atoms in total. The third kappa shape index (κ3) is 3.37. The first kappa shape index (κ1) is 13.1. The van der Waals surface area contributed by atoms with Gasteiger partial charge >= 0.3 is 0 Å². The van der Waals surface area contributed by atoms with Crippen LogP contribution in [0.25, 0.3) is 0 Å². The van der Waals surface area contributed by atoms with Crippen LogP contribution < -0.4 is 5.32 Å². The summed E-state index contributed by atoms with van der Waals surface area (Å²) in [6.07, 6.45) is 5.46. The third-order valence-corrected chi connectivity index (χ3v) is 4.44. The number of likely N-dealkylation sites (tertiary alicyclic amines) is 1. The zero-order valence-electron chi connectivity index (χ0n) is 12.1. The highest BCUT2D eigenvalue weighted by Crippen LogP contribution is 2.23. The van der Waals surface area contributed by atoms with Crippen LogP contribution in [0.1, 0.15) is 42.7 Å². The van der Waals surface area contributed by atoms with Crippen LogP contribution >= 0.6 is 0 Å². The number of aryl methyl sites for hydroxylation is 2. The molecule has 2 fully saturated rings. The van der Waals surface area contributed by atoms with Crippen LogP contribution in [0.4, 0.5) is 0 Å². The minimum absolute atomic E-state index is 0.815. The lowest BCUT2D eigenvalue weighted by Crippen LogP contribution is -2.39. The molecule has 1 aliphatic carbocycles. The average molecular weight is 263 g/mol. The molecule has 1 unspecified atom stereocenters. The van der Waals surface area contributed by atoms with E-state index in [1.165, 1.54) is 50.9 Å². The van der Waals surface area contributed by atoms with Crippen molar-refractivity contribution < 1.29 is 4.52 Å². The Bertz CT molecular complexity index is 406. The molecule has 0 spiro atoms.